The molecule has 0 aliphatic rings. The quantitative estimate of drug-likeness (QED) is 0.307. The van der Waals surface area contributed by atoms with Gasteiger partial charge < -0.3 is 9.88 Å². The Balaban J connectivity index is 1.82. The molecule has 0 saturated carbocycles. The molecule has 0 radical (unpaired) electrons. The lowest BCUT2D eigenvalue weighted by atomic mass is 10.00. The van der Waals surface area contributed by atoms with Crippen LogP contribution in [-0.4, -0.2) is 15.5 Å². The number of hydrogen-bond acceptors (Lipinski definition) is 2. The van der Waals surface area contributed by atoms with Gasteiger partial charge in [-0.05, 0) is 30.4 Å². The van der Waals surface area contributed by atoms with Crippen molar-refractivity contribution < 1.29 is 4.79 Å². The van der Waals surface area contributed by atoms with Gasteiger partial charge in [-0.25, -0.2) is 4.98 Å². The molecule has 34 heavy (non-hydrogen) atoms. The molecule has 0 aliphatic carbocycles. The van der Waals surface area contributed by atoms with Crippen LogP contribution < -0.4 is 5.32 Å². The van der Waals surface area contributed by atoms with Crippen LogP contribution in [0.1, 0.15) is 67.7 Å². The van der Waals surface area contributed by atoms with Crippen LogP contribution in [0.5, 0.6) is 0 Å². The standard InChI is InChI=1S/C30H33N3O/c1-5-26(23-13-9-7-10-14-23)31-30(34)28-27(24-19-17-22(18-20-24)21(3)4)32-29(33(28)6-2)25-15-11-8-12-16-25/h7-21,26H,5-6H2,1-4H3,(H,31,34)/t26-/m0/s1. The Kier molecular flexibility index (Phi) is 7.27. The van der Waals surface area contributed by atoms with Crippen LogP contribution in [0, 0.1) is 0 Å². The van der Waals surface area contributed by atoms with Crippen molar-refractivity contribution in [2.75, 3.05) is 0 Å². The summed E-state index contributed by atoms with van der Waals surface area (Å²) in [5.74, 6) is 1.15. The highest BCUT2D eigenvalue weighted by molar-refractivity contribution is 5.99. The van der Waals surface area contributed by atoms with Crippen LogP contribution in [0.3, 0.4) is 0 Å². The maximum atomic E-state index is 13.8. The molecule has 1 amide bonds. The number of carbonyl (C=O) groups is 1. The monoisotopic (exact) mass is 451 g/mol. The van der Waals surface area contributed by atoms with Crippen molar-refractivity contribution >= 4 is 5.91 Å². The number of rotatable bonds is 8. The summed E-state index contributed by atoms with van der Waals surface area (Å²) in [7, 11) is 0. The van der Waals surface area contributed by atoms with Crippen LogP contribution in [0.2, 0.25) is 0 Å². The predicted molar refractivity (Wildman–Crippen MR) is 140 cm³/mol. The van der Waals surface area contributed by atoms with Crippen LogP contribution in [-0.2, 0) is 6.54 Å². The molecule has 174 valence electrons. The minimum atomic E-state index is -0.102. The zero-order valence-electron chi connectivity index (χ0n) is 20.5. The summed E-state index contributed by atoms with van der Waals surface area (Å²) < 4.78 is 2.04. The molecule has 0 bridgehead atoms. The maximum absolute atomic E-state index is 13.8. The predicted octanol–water partition coefficient (Wildman–Crippen LogP) is 7.24. The smallest absolute Gasteiger partial charge is 0.270 e. The molecule has 1 heterocycles. The molecular weight excluding hydrogens is 418 g/mol. The Bertz CT molecular complexity index is 1230. The Morgan fingerprint density at radius 1 is 0.824 bits per heavy atom. The highest BCUT2D eigenvalue weighted by Gasteiger charge is 2.26. The van der Waals surface area contributed by atoms with Crippen LogP contribution in [0.15, 0.2) is 84.9 Å². The topological polar surface area (TPSA) is 46.9 Å². The van der Waals surface area contributed by atoms with Crippen molar-refractivity contribution in [3.8, 4) is 22.6 Å². The summed E-state index contributed by atoms with van der Waals surface area (Å²) >= 11 is 0. The first kappa shape index (κ1) is 23.5. The van der Waals surface area contributed by atoms with Gasteiger partial charge in [0.25, 0.3) is 5.91 Å². The average molecular weight is 452 g/mol. The third-order valence-electron chi connectivity index (χ3n) is 6.30. The van der Waals surface area contributed by atoms with E-state index in [-0.39, 0.29) is 11.9 Å². The summed E-state index contributed by atoms with van der Waals surface area (Å²) in [5.41, 5.74) is 5.64. The molecule has 0 saturated heterocycles. The fraction of sp³-hybridized carbons (Fsp3) is 0.267. The highest BCUT2D eigenvalue weighted by Crippen LogP contribution is 2.31. The summed E-state index contributed by atoms with van der Waals surface area (Å²) in [5, 5.41) is 3.28. The first-order valence-corrected chi connectivity index (χ1v) is 12.2. The van der Waals surface area contributed by atoms with Gasteiger partial charge in [0.05, 0.1) is 6.04 Å². The van der Waals surface area contributed by atoms with Gasteiger partial charge in [-0.1, -0.05) is 106 Å². The van der Waals surface area contributed by atoms with Crippen molar-refractivity contribution in [1.29, 1.82) is 0 Å². The molecule has 1 aromatic heterocycles. The van der Waals surface area contributed by atoms with Crippen molar-refractivity contribution in [3.05, 3.63) is 102 Å². The highest BCUT2D eigenvalue weighted by atomic mass is 16.2. The third kappa shape index (κ3) is 4.81. The van der Waals surface area contributed by atoms with E-state index in [1.165, 1.54) is 5.56 Å². The summed E-state index contributed by atoms with van der Waals surface area (Å²) in [6.07, 6.45) is 0.806. The Morgan fingerprint density at radius 3 is 2.00 bits per heavy atom. The molecule has 3 aromatic carbocycles. The molecule has 4 heteroatoms. The zero-order chi connectivity index (χ0) is 24.1. The lowest BCUT2D eigenvalue weighted by Crippen LogP contribution is -2.30. The van der Waals surface area contributed by atoms with Gasteiger partial charge in [0.1, 0.15) is 17.2 Å². The van der Waals surface area contributed by atoms with Crippen LogP contribution in [0.4, 0.5) is 0 Å². The first-order valence-electron chi connectivity index (χ1n) is 12.2. The van der Waals surface area contributed by atoms with E-state index in [1.807, 2.05) is 53.1 Å². The Labute approximate surface area is 202 Å². The van der Waals surface area contributed by atoms with E-state index in [0.717, 1.165) is 34.6 Å². The second kappa shape index (κ2) is 10.5. The number of benzene rings is 3. The van der Waals surface area contributed by atoms with Crippen molar-refractivity contribution in [2.45, 2.75) is 52.6 Å². The van der Waals surface area contributed by atoms with E-state index in [4.69, 9.17) is 4.98 Å². The molecular formula is C30H33N3O. The van der Waals surface area contributed by atoms with Crippen LogP contribution in [0.25, 0.3) is 22.6 Å². The van der Waals surface area contributed by atoms with Crippen molar-refractivity contribution in [3.63, 3.8) is 0 Å². The van der Waals surface area contributed by atoms with Gasteiger partial charge in [0.15, 0.2) is 0 Å². The van der Waals surface area contributed by atoms with Gasteiger partial charge >= 0.3 is 0 Å². The number of nitrogens with zero attached hydrogens (tertiary/aromatic N) is 2. The number of hydrogen-bond donors (Lipinski definition) is 1. The summed E-state index contributed by atoms with van der Waals surface area (Å²) in [6, 6.07) is 28.6. The number of nitrogens with one attached hydrogen (secondary N) is 1. The number of amides is 1. The second-order valence-corrected chi connectivity index (χ2v) is 8.86. The largest absolute Gasteiger partial charge is 0.344 e. The molecule has 1 N–H and O–H groups in total. The maximum Gasteiger partial charge on any atom is 0.270 e. The van der Waals surface area contributed by atoms with Gasteiger partial charge in [-0.15, -0.1) is 0 Å². The molecule has 0 unspecified atom stereocenters. The fourth-order valence-electron chi connectivity index (χ4n) is 4.36. The van der Waals surface area contributed by atoms with Gasteiger partial charge in [0.2, 0.25) is 0 Å². The second-order valence-electron chi connectivity index (χ2n) is 8.86. The minimum absolute atomic E-state index is 0.0646. The molecule has 4 rings (SSSR count). The van der Waals surface area contributed by atoms with E-state index in [1.54, 1.807) is 0 Å². The van der Waals surface area contributed by atoms with E-state index in [9.17, 15) is 4.79 Å². The normalized spacial score (nSPS) is 12.0. The lowest BCUT2D eigenvalue weighted by molar-refractivity contribution is 0.0927. The SMILES string of the molecule is CC[C@H](NC(=O)c1c(-c2ccc(C(C)C)cc2)nc(-c2ccccc2)n1CC)c1ccccc1. The fourth-order valence-corrected chi connectivity index (χ4v) is 4.36. The number of imidazole rings is 1. The lowest BCUT2D eigenvalue weighted by Gasteiger charge is -2.19. The minimum Gasteiger partial charge on any atom is -0.344 e. The van der Waals surface area contributed by atoms with E-state index in [0.29, 0.717) is 18.2 Å². The van der Waals surface area contributed by atoms with Crippen molar-refractivity contribution in [2.24, 2.45) is 0 Å². The number of aromatic nitrogens is 2. The van der Waals surface area contributed by atoms with Gasteiger partial charge in [0, 0.05) is 17.7 Å². The summed E-state index contributed by atoms with van der Waals surface area (Å²) in [4.78, 5) is 18.8. The molecule has 1 atom stereocenters. The zero-order valence-corrected chi connectivity index (χ0v) is 20.5. The molecule has 0 fully saturated rings. The van der Waals surface area contributed by atoms with E-state index >= 15 is 0 Å². The third-order valence-corrected chi connectivity index (χ3v) is 6.30. The molecule has 4 aromatic rings. The van der Waals surface area contributed by atoms with Crippen molar-refractivity contribution in [1.82, 2.24) is 14.9 Å². The number of carbonyl (C=O) groups excluding carboxylic acids is 1. The van der Waals surface area contributed by atoms with Gasteiger partial charge in [-0.3, -0.25) is 4.79 Å². The molecule has 4 nitrogen and oxygen atoms in total. The average Bonchev–Trinajstić information content (AvgIpc) is 3.28. The first-order chi connectivity index (χ1) is 16.5. The van der Waals surface area contributed by atoms with Crippen LogP contribution >= 0.6 is 0 Å². The van der Waals surface area contributed by atoms with Gasteiger partial charge in [-0.2, -0.15) is 0 Å². The summed E-state index contributed by atoms with van der Waals surface area (Å²) in [6.45, 7) is 9.16. The van der Waals surface area contributed by atoms with E-state index < -0.39 is 0 Å². The molecule has 0 aliphatic heterocycles. The Morgan fingerprint density at radius 2 is 1.44 bits per heavy atom. The van der Waals surface area contributed by atoms with E-state index in [2.05, 4.69) is 69.4 Å². The Hall–Kier alpha value is -3.66. The molecule has 0 spiro atoms.